The van der Waals surface area contributed by atoms with Crippen molar-refractivity contribution < 1.29 is 9.53 Å². The molecule has 0 aromatic heterocycles. The van der Waals surface area contributed by atoms with Gasteiger partial charge in [0.1, 0.15) is 0 Å². The lowest BCUT2D eigenvalue weighted by molar-refractivity contribution is -0.133. The van der Waals surface area contributed by atoms with Crippen molar-refractivity contribution in [3.8, 4) is 0 Å². The van der Waals surface area contributed by atoms with E-state index < -0.39 is 0 Å². The Bertz CT molecular complexity index is 359. The van der Waals surface area contributed by atoms with E-state index in [-0.39, 0.29) is 11.3 Å². The van der Waals surface area contributed by atoms with Crippen LogP contribution in [0.3, 0.4) is 0 Å². The van der Waals surface area contributed by atoms with E-state index >= 15 is 0 Å². The highest BCUT2D eigenvalue weighted by atomic mass is 16.5. The molecule has 0 spiro atoms. The minimum absolute atomic E-state index is 0.0753. The molecule has 0 aromatic rings. The van der Waals surface area contributed by atoms with Crippen molar-refractivity contribution in [1.82, 2.24) is 4.90 Å². The van der Waals surface area contributed by atoms with Gasteiger partial charge in [0.05, 0.1) is 6.61 Å². The van der Waals surface area contributed by atoms with Crippen molar-refractivity contribution in [2.24, 2.45) is 11.1 Å². The average molecular weight is 280 g/mol. The van der Waals surface area contributed by atoms with Crippen molar-refractivity contribution in [3.05, 3.63) is 11.6 Å². The number of nitrogens with two attached hydrogens (primary N) is 1. The van der Waals surface area contributed by atoms with Gasteiger partial charge in [0.2, 0.25) is 5.91 Å². The first-order valence-electron chi connectivity index (χ1n) is 7.84. The maximum Gasteiger partial charge on any atom is 0.223 e. The summed E-state index contributed by atoms with van der Waals surface area (Å²) in [5, 5.41) is 0. The minimum atomic E-state index is 0.0753. The largest absolute Gasteiger partial charge is 0.380 e. The van der Waals surface area contributed by atoms with Crippen LogP contribution in [-0.4, -0.2) is 44.2 Å². The topological polar surface area (TPSA) is 55.6 Å². The smallest absolute Gasteiger partial charge is 0.223 e. The molecule has 2 N–H and O–H groups in total. The second kappa shape index (κ2) is 7.23. The highest BCUT2D eigenvalue weighted by molar-refractivity contribution is 5.77. The molecule has 1 fully saturated rings. The van der Waals surface area contributed by atoms with E-state index in [0.29, 0.717) is 19.6 Å². The van der Waals surface area contributed by atoms with Gasteiger partial charge in [0.25, 0.3) is 0 Å². The fourth-order valence-electron chi connectivity index (χ4n) is 3.44. The number of hydrogen-bond donors (Lipinski definition) is 1. The molecule has 4 nitrogen and oxygen atoms in total. The zero-order valence-corrected chi connectivity index (χ0v) is 12.7. The second-order valence-corrected chi connectivity index (χ2v) is 6.33. The summed E-state index contributed by atoms with van der Waals surface area (Å²) in [6.07, 6.45) is 9.70. The predicted molar refractivity (Wildman–Crippen MR) is 80.3 cm³/mol. The maximum atomic E-state index is 12.5. The zero-order chi connectivity index (χ0) is 14.4. The summed E-state index contributed by atoms with van der Waals surface area (Å²) in [6, 6.07) is 0. The van der Waals surface area contributed by atoms with Gasteiger partial charge in [0.15, 0.2) is 0 Å². The Balaban J connectivity index is 1.88. The third-order valence-corrected chi connectivity index (χ3v) is 4.86. The molecule has 1 aliphatic heterocycles. The number of carbonyl (C=O) groups is 1. The normalized spacial score (nSPS) is 22.5. The van der Waals surface area contributed by atoms with Crippen LogP contribution in [0.15, 0.2) is 11.6 Å². The van der Waals surface area contributed by atoms with Gasteiger partial charge in [-0.05, 0) is 36.8 Å². The van der Waals surface area contributed by atoms with Gasteiger partial charge >= 0.3 is 0 Å². The van der Waals surface area contributed by atoms with Crippen molar-refractivity contribution in [3.63, 3.8) is 0 Å². The Morgan fingerprint density at radius 3 is 2.70 bits per heavy atom. The molecule has 114 valence electrons. The Labute approximate surface area is 122 Å². The van der Waals surface area contributed by atoms with Crippen LogP contribution < -0.4 is 5.73 Å². The van der Waals surface area contributed by atoms with Crippen molar-refractivity contribution >= 4 is 5.91 Å². The van der Waals surface area contributed by atoms with Crippen LogP contribution in [0, 0.1) is 5.41 Å². The molecule has 0 saturated heterocycles. The first-order chi connectivity index (χ1) is 9.69. The van der Waals surface area contributed by atoms with Crippen LogP contribution in [0.2, 0.25) is 0 Å². The lowest BCUT2D eigenvalue weighted by Crippen LogP contribution is -2.42. The average Bonchev–Trinajstić information content (AvgIpc) is 2.49. The van der Waals surface area contributed by atoms with Gasteiger partial charge in [-0.3, -0.25) is 4.79 Å². The Hall–Kier alpha value is -0.870. The number of carbonyl (C=O) groups excluding carboxylic acids is 1. The summed E-state index contributed by atoms with van der Waals surface area (Å²) >= 11 is 0. The third-order valence-electron chi connectivity index (χ3n) is 4.86. The summed E-state index contributed by atoms with van der Waals surface area (Å²) in [4.78, 5) is 14.5. The summed E-state index contributed by atoms with van der Waals surface area (Å²) in [7, 11) is 1.71. The number of methoxy groups -OCH3 is 1. The van der Waals surface area contributed by atoms with E-state index in [9.17, 15) is 4.79 Å². The lowest BCUT2D eigenvalue weighted by atomic mass is 9.71. The maximum absolute atomic E-state index is 12.5. The van der Waals surface area contributed by atoms with E-state index in [4.69, 9.17) is 10.5 Å². The standard InChI is InChI=1S/C16H28N2O2/c1-20-12-14-5-9-18(10-6-14)15(19)11-16(13-17)7-3-2-4-8-16/h5H,2-4,6-13,17H2,1H3. The van der Waals surface area contributed by atoms with Crippen molar-refractivity contribution in [2.75, 3.05) is 33.4 Å². The SMILES string of the molecule is COCC1=CCN(C(=O)CC2(CN)CCCCC2)CC1. The Morgan fingerprint density at radius 2 is 2.15 bits per heavy atom. The number of amides is 1. The monoisotopic (exact) mass is 280 g/mol. The van der Waals surface area contributed by atoms with Crippen molar-refractivity contribution in [2.45, 2.75) is 44.9 Å². The van der Waals surface area contributed by atoms with Crippen LogP contribution in [0.25, 0.3) is 0 Å². The van der Waals surface area contributed by atoms with Gasteiger partial charge in [-0.15, -0.1) is 0 Å². The number of ether oxygens (including phenoxy) is 1. The van der Waals surface area contributed by atoms with E-state index in [0.717, 1.165) is 32.4 Å². The lowest BCUT2D eigenvalue weighted by Gasteiger charge is -2.38. The van der Waals surface area contributed by atoms with E-state index in [1.54, 1.807) is 7.11 Å². The Morgan fingerprint density at radius 1 is 1.40 bits per heavy atom. The molecule has 0 radical (unpaired) electrons. The molecule has 2 rings (SSSR count). The van der Waals surface area contributed by atoms with Crippen LogP contribution in [0.4, 0.5) is 0 Å². The highest BCUT2D eigenvalue weighted by Crippen LogP contribution is 2.38. The fraction of sp³-hybridized carbons (Fsp3) is 0.812. The van der Waals surface area contributed by atoms with Gasteiger partial charge in [-0.25, -0.2) is 0 Å². The van der Waals surface area contributed by atoms with Gasteiger partial charge in [-0.2, -0.15) is 0 Å². The van der Waals surface area contributed by atoms with Gasteiger partial charge in [0, 0.05) is 26.6 Å². The molecule has 0 aromatic carbocycles. The molecule has 0 bridgehead atoms. The second-order valence-electron chi connectivity index (χ2n) is 6.33. The predicted octanol–water partition coefficient (Wildman–Crippen LogP) is 2.09. The van der Waals surface area contributed by atoms with Gasteiger partial charge < -0.3 is 15.4 Å². The summed E-state index contributed by atoms with van der Waals surface area (Å²) < 4.78 is 5.14. The first kappa shape index (κ1) is 15.5. The molecule has 0 unspecified atom stereocenters. The van der Waals surface area contributed by atoms with E-state index in [1.165, 1.54) is 24.8 Å². The summed E-state index contributed by atoms with van der Waals surface area (Å²) in [6.45, 7) is 2.90. The Kier molecular flexibility index (Phi) is 5.61. The first-order valence-corrected chi connectivity index (χ1v) is 7.84. The molecule has 4 heteroatoms. The van der Waals surface area contributed by atoms with Crippen LogP contribution in [0.5, 0.6) is 0 Å². The molecule has 2 aliphatic rings. The van der Waals surface area contributed by atoms with E-state index in [2.05, 4.69) is 6.08 Å². The van der Waals surface area contributed by atoms with E-state index in [1.807, 2.05) is 4.90 Å². The summed E-state index contributed by atoms with van der Waals surface area (Å²) in [5.41, 5.74) is 7.36. The molecule has 1 amide bonds. The molecule has 20 heavy (non-hydrogen) atoms. The molecule has 1 heterocycles. The zero-order valence-electron chi connectivity index (χ0n) is 12.7. The quantitative estimate of drug-likeness (QED) is 0.785. The highest BCUT2D eigenvalue weighted by Gasteiger charge is 2.34. The molecule has 0 atom stereocenters. The molecule has 1 aliphatic carbocycles. The molecular weight excluding hydrogens is 252 g/mol. The van der Waals surface area contributed by atoms with Crippen LogP contribution in [0.1, 0.15) is 44.9 Å². The molecular formula is C16H28N2O2. The fourth-order valence-corrected chi connectivity index (χ4v) is 3.44. The molecule has 1 saturated carbocycles. The summed E-state index contributed by atoms with van der Waals surface area (Å²) in [5.74, 6) is 0.282. The van der Waals surface area contributed by atoms with Crippen LogP contribution >= 0.6 is 0 Å². The third kappa shape index (κ3) is 3.83. The van der Waals surface area contributed by atoms with Crippen LogP contribution in [-0.2, 0) is 9.53 Å². The number of hydrogen-bond acceptors (Lipinski definition) is 3. The van der Waals surface area contributed by atoms with Gasteiger partial charge in [-0.1, -0.05) is 25.3 Å². The number of nitrogens with zero attached hydrogens (tertiary/aromatic N) is 1. The van der Waals surface area contributed by atoms with Crippen molar-refractivity contribution in [1.29, 1.82) is 0 Å². The number of rotatable bonds is 5. The minimum Gasteiger partial charge on any atom is -0.380 e.